The van der Waals surface area contributed by atoms with E-state index in [1.807, 2.05) is 12.1 Å². The van der Waals surface area contributed by atoms with Crippen LogP contribution in [0.15, 0.2) is 48.5 Å². The summed E-state index contributed by atoms with van der Waals surface area (Å²) < 4.78 is 5.77. The van der Waals surface area contributed by atoms with Crippen LogP contribution in [0.25, 0.3) is 0 Å². The third kappa shape index (κ3) is 2.86. The summed E-state index contributed by atoms with van der Waals surface area (Å²) in [5.41, 5.74) is 10.1. The van der Waals surface area contributed by atoms with E-state index < -0.39 is 0 Å². The fraction of sp³-hybridized carbons (Fsp3) is 0.333. The molecule has 0 heterocycles. The molecule has 1 aliphatic carbocycles. The van der Waals surface area contributed by atoms with Crippen molar-refractivity contribution < 1.29 is 4.74 Å². The van der Waals surface area contributed by atoms with Crippen molar-refractivity contribution in [1.29, 1.82) is 0 Å². The fourth-order valence-corrected chi connectivity index (χ4v) is 2.47. The summed E-state index contributed by atoms with van der Waals surface area (Å²) in [6.07, 6.45) is 3.82. The molecule has 2 heteroatoms. The average Bonchev–Trinajstić information content (AvgIpc) is 3.31. The molecule has 0 amide bonds. The van der Waals surface area contributed by atoms with E-state index in [1.165, 1.54) is 24.0 Å². The minimum atomic E-state index is -0.0684. The van der Waals surface area contributed by atoms with Crippen LogP contribution in [-0.4, -0.2) is 6.10 Å². The molecule has 20 heavy (non-hydrogen) atoms. The minimum Gasteiger partial charge on any atom is -0.490 e. The van der Waals surface area contributed by atoms with Gasteiger partial charge >= 0.3 is 0 Å². The van der Waals surface area contributed by atoms with Gasteiger partial charge in [-0.05, 0) is 48.1 Å². The van der Waals surface area contributed by atoms with Crippen molar-refractivity contribution in [2.24, 2.45) is 5.73 Å². The monoisotopic (exact) mass is 267 g/mol. The number of aryl methyl sites for hydroxylation is 1. The zero-order chi connectivity index (χ0) is 13.9. The van der Waals surface area contributed by atoms with Gasteiger partial charge in [-0.3, -0.25) is 0 Å². The molecule has 104 valence electrons. The van der Waals surface area contributed by atoms with E-state index in [0.717, 1.165) is 17.7 Å². The molecular formula is C18H21NO. The first-order valence-corrected chi connectivity index (χ1v) is 7.38. The van der Waals surface area contributed by atoms with Crippen molar-refractivity contribution in [3.8, 4) is 5.75 Å². The molecule has 0 aromatic heterocycles. The van der Waals surface area contributed by atoms with Crippen LogP contribution in [0.2, 0.25) is 0 Å². The summed E-state index contributed by atoms with van der Waals surface area (Å²) in [7, 11) is 0. The lowest BCUT2D eigenvalue weighted by atomic mass is 9.94. The van der Waals surface area contributed by atoms with E-state index in [-0.39, 0.29) is 6.04 Å². The third-order valence-electron chi connectivity index (χ3n) is 3.84. The van der Waals surface area contributed by atoms with Gasteiger partial charge in [0.05, 0.1) is 12.1 Å². The highest BCUT2D eigenvalue weighted by Crippen LogP contribution is 2.29. The largest absolute Gasteiger partial charge is 0.490 e. The Kier molecular flexibility index (Phi) is 3.75. The van der Waals surface area contributed by atoms with E-state index in [4.69, 9.17) is 10.5 Å². The van der Waals surface area contributed by atoms with Gasteiger partial charge in [0.15, 0.2) is 0 Å². The number of nitrogens with two attached hydrogens (primary N) is 1. The number of hydrogen-bond acceptors (Lipinski definition) is 2. The third-order valence-corrected chi connectivity index (χ3v) is 3.84. The molecule has 1 saturated carbocycles. The van der Waals surface area contributed by atoms with Crippen LogP contribution in [0.3, 0.4) is 0 Å². The Hall–Kier alpha value is -1.80. The molecule has 2 aromatic rings. The summed E-state index contributed by atoms with van der Waals surface area (Å²) in [5.74, 6) is 0.951. The first-order valence-electron chi connectivity index (χ1n) is 7.38. The lowest BCUT2D eigenvalue weighted by Gasteiger charge is -2.16. The zero-order valence-electron chi connectivity index (χ0n) is 11.9. The second kappa shape index (κ2) is 5.68. The summed E-state index contributed by atoms with van der Waals surface area (Å²) in [6.45, 7) is 2.16. The molecule has 0 saturated heterocycles. The van der Waals surface area contributed by atoms with E-state index in [9.17, 15) is 0 Å². The Morgan fingerprint density at radius 3 is 2.45 bits per heavy atom. The van der Waals surface area contributed by atoms with E-state index in [1.54, 1.807) is 0 Å². The summed E-state index contributed by atoms with van der Waals surface area (Å²) in [4.78, 5) is 0. The van der Waals surface area contributed by atoms with E-state index in [0.29, 0.717) is 6.10 Å². The molecular weight excluding hydrogens is 246 g/mol. The molecule has 1 aliphatic rings. The van der Waals surface area contributed by atoms with Gasteiger partial charge in [0.1, 0.15) is 5.75 Å². The first-order chi connectivity index (χ1) is 9.78. The Morgan fingerprint density at radius 2 is 1.80 bits per heavy atom. The van der Waals surface area contributed by atoms with Gasteiger partial charge in [0.2, 0.25) is 0 Å². The van der Waals surface area contributed by atoms with Gasteiger partial charge in [-0.25, -0.2) is 0 Å². The lowest BCUT2D eigenvalue weighted by Crippen LogP contribution is -2.13. The Labute approximate surface area is 120 Å². The van der Waals surface area contributed by atoms with Crippen LogP contribution in [-0.2, 0) is 6.42 Å². The Bertz CT molecular complexity index is 572. The molecule has 0 bridgehead atoms. The molecule has 0 spiro atoms. The minimum absolute atomic E-state index is 0.0684. The zero-order valence-corrected chi connectivity index (χ0v) is 11.9. The van der Waals surface area contributed by atoms with E-state index in [2.05, 4.69) is 43.3 Å². The van der Waals surface area contributed by atoms with Crippen LogP contribution in [0.4, 0.5) is 0 Å². The highest BCUT2D eigenvalue weighted by molar-refractivity contribution is 5.39. The maximum atomic E-state index is 6.42. The standard InChI is InChI=1S/C18H21NO/c1-2-13-5-3-4-6-17(13)18(19)14-7-9-15(10-8-14)20-16-11-12-16/h3-10,16,18H,2,11-12,19H2,1H3. The van der Waals surface area contributed by atoms with Crippen LogP contribution >= 0.6 is 0 Å². The SMILES string of the molecule is CCc1ccccc1C(N)c1ccc(OC2CC2)cc1. The number of benzene rings is 2. The van der Waals surface area contributed by atoms with Crippen molar-refractivity contribution >= 4 is 0 Å². The number of hydrogen-bond donors (Lipinski definition) is 1. The molecule has 2 aromatic carbocycles. The van der Waals surface area contributed by atoms with Crippen molar-refractivity contribution in [1.82, 2.24) is 0 Å². The Morgan fingerprint density at radius 1 is 1.10 bits per heavy atom. The molecule has 0 aliphatic heterocycles. The molecule has 2 N–H and O–H groups in total. The van der Waals surface area contributed by atoms with Crippen molar-refractivity contribution in [2.45, 2.75) is 38.3 Å². The van der Waals surface area contributed by atoms with E-state index >= 15 is 0 Å². The number of ether oxygens (including phenoxy) is 1. The number of rotatable bonds is 5. The van der Waals surface area contributed by atoms with Crippen LogP contribution < -0.4 is 10.5 Å². The summed E-state index contributed by atoms with van der Waals surface area (Å²) in [6, 6.07) is 16.5. The summed E-state index contributed by atoms with van der Waals surface area (Å²) >= 11 is 0. The molecule has 1 fully saturated rings. The van der Waals surface area contributed by atoms with Gasteiger partial charge in [-0.15, -0.1) is 0 Å². The highest BCUT2D eigenvalue weighted by atomic mass is 16.5. The average molecular weight is 267 g/mol. The topological polar surface area (TPSA) is 35.2 Å². The van der Waals surface area contributed by atoms with Gasteiger partial charge in [-0.1, -0.05) is 43.3 Å². The second-order valence-electron chi connectivity index (χ2n) is 5.42. The maximum Gasteiger partial charge on any atom is 0.119 e. The van der Waals surface area contributed by atoms with Gasteiger partial charge < -0.3 is 10.5 Å². The first kappa shape index (κ1) is 13.2. The van der Waals surface area contributed by atoms with Crippen molar-refractivity contribution in [2.75, 3.05) is 0 Å². The van der Waals surface area contributed by atoms with Crippen molar-refractivity contribution in [3.05, 3.63) is 65.2 Å². The van der Waals surface area contributed by atoms with Crippen LogP contribution in [0, 0.1) is 0 Å². The molecule has 3 rings (SSSR count). The quantitative estimate of drug-likeness (QED) is 0.893. The highest BCUT2D eigenvalue weighted by Gasteiger charge is 2.23. The molecule has 1 atom stereocenters. The van der Waals surface area contributed by atoms with Gasteiger partial charge in [-0.2, -0.15) is 0 Å². The molecule has 2 nitrogen and oxygen atoms in total. The molecule has 1 unspecified atom stereocenters. The van der Waals surface area contributed by atoms with Gasteiger partial charge in [0.25, 0.3) is 0 Å². The second-order valence-corrected chi connectivity index (χ2v) is 5.42. The predicted octanol–water partition coefficient (Wildman–Crippen LogP) is 3.84. The van der Waals surface area contributed by atoms with Crippen LogP contribution in [0.5, 0.6) is 5.75 Å². The fourth-order valence-electron chi connectivity index (χ4n) is 2.47. The van der Waals surface area contributed by atoms with Crippen LogP contribution in [0.1, 0.15) is 42.5 Å². The smallest absolute Gasteiger partial charge is 0.119 e. The molecule has 0 radical (unpaired) electrons. The van der Waals surface area contributed by atoms with Gasteiger partial charge in [0, 0.05) is 0 Å². The maximum absolute atomic E-state index is 6.42. The summed E-state index contributed by atoms with van der Waals surface area (Å²) in [5, 5.41) is 0. The normalized spacial score (nSPS) is 15.9. The lowest BCUT2D eigenvalue weighted by molar-refractivity contribution is 0.303. The predicted molar refractivity (Wildman–Crippen MR) is 81.9 cm³/mol. The van der Waals surface area contributed by atoms with Crippen molar-refractivity contribution in [3.63, 3.8) is 0 Å². The Balaban J connectivity index is 1.80.